The van der Waals surface area contributed by atoms with Crippen molar-refractivity contribution in [2.24, 2.45) is 0 Å². The largest absolute Gasteiger partial charge is 0.337 e. The molecule has 0 radical (unpaired) electrons. The van der Waals surface area contributed by atoms with Crippen molar-refractivity contribution < 1.29 is 9.59 Å². The van der Waals surface area contributed by atoms with Crippen LogP contribution in [0, 0.1) is 13.8 Å². The molecule has 0 saturated carbocycles. The van der Waals surface area contributed by atoms with Crippen molar-refractivity contribution in [2.75, 3.05) is 25.5 Å². The zero-order valence-electron chi connectivity index (χ0n) is 17.2. The maximum absolute atomic E-state index is 12.9. The lowest BCUT2D eigenvalue weighted by atomic mass is 9.99. The van der Waals surface area contributed by atoms with E-state index in [1.54, 1.807) is 0 Å². The van der Waals surface area contributed by atoms with E-state index in [9.17, 15) is 9.59 Å². The summed E-state index contributed by atoms with van der Waals surface area (Å²) in [4.78, 5) is 29.1. The van der Waals surface area contributed by atoms with Crippen LogP contribution in [-0.4, -0.2) is 47.8 Å². The first-order valence-electron chi connectivity index (χ1n) is 9.78. The second-order valence-corrected chi connectivity index (χ2v) is 7.67. The van der Waals surface area contributed by atoms with Crippen molar-refractivity contribution >= 4 is 17.5 Å². The number of hydrogen-bond donors (Lipinski definition) is 1. The maximum atomic E-state index is 12.9. The standard InChI is InChI=1S/C23H29N3O2/c1-16-8-7-11-21(17(16)2)24-22(27)15-25(4)18(3)23(28)26-13-12-19-9-5-6-10-20(19)14-26/h5-11,18H,12-15H2,1-4H3,(H,24,27). The fraction of sp³-hybridized carbons (Fsp3) is 0.391. The van der Waals surface area contributed by atoms with Crippen molar-refractivity contribution in [1.82, 2.24) is 9.80 Å². The number of benzene rings is 2. The lowest BCUT2D eigenvalue weighted by Gasteiger charge is -2.33. The third-order valence-electron chi connectivity index (χ3n) is 5.73. The second-order valence-electron chi connectivity index (χ2n) is 7.67. The maximum Gasteiger partial charge on any atom is 0.239 e. The Balaban J connectivity index is 1.58. The van der Waals surface area contributed by atoms with Gasteiger partial charge in [-0.05, 0) is 62.6 Å². The highest BCUT2D eigenvalue weighted by Crippen LogP contribution is 2.20. The van der Waals surface area contributed by atoms with Crippen molar-refractivity contribution in [1.29, 1.82) is 0 Å². The van der Waals surface area contributed by atoms with Crippen LogP contribution in [-0.2, 0) is 22.6 Å². The first kappa shape index (κ1) is 20.1. The molecule has 1 heterocycles. The van der Waals surface area contributed by atoms with E-state index >= 15 is 0 Å². The number of likely N-dealkylation sites (N-methyl/N-ethyl adjacent to an activating group) is 1. The summed E-state index contributed by atoms with van der Waals surface area (Å²) in [6, 6.07) is 13.8. The van der Waals surface area contributed by atoms with Gasteiger partial charge in [0.15, 0.2) is 0 Å². The van der Waals surface area contributed by atoms with Gasteiger partial charge in [-0.15, -0.1) is 0 Å². The molecule has 0 fully saturated rings. The topological polar surface area (TPSA) is 52.7 Å². The van der Waals surface area contributed by atoms with Crippen LogP contribution < -0.4 is 5.32 Å². The number of carbonyl (C=O) groups excluding carboxylic acids is 2. The summed E-state index contributed by atoms with van der Waals surface area (Å²) in [5, 5.41) is 2.96. The van der Waals surface area contributed by atoms with E-state index in [4.69, 9.17) is 0 Å². The van der Waals surface area contributed by atoms with Gasteiger partial charge >= 0.3 is 0 Å². The zero-order valence-corrected chi connectivity index (χ0v) is 17.2. The molecular formula is C23H29N3O2. The molecule has 1 aliphatic heterocycles. The summed E-state index contributed by atoms with van der Waals surface area (Å²) >= 11 is 0. The summed E-state index contributed by atoms with van der Waals surface area (Å²) in [7, 11) is 1.82. The zero-order chi connectivity index (χ0) is 20.3. The Hall–Kier alpha value is -2.66. The molecule has 1 unspecified atom stereocenters. The minimum atomic E-state index is -0.352. The number of nitrogens with zero attached hydrogens (tertiary/aromatic N) is 2. The third-order valence-corrected chi connectivity index (χ3v) is 5.73. The Morgan fingerprint density at radius 2 is 1.82 bits per heavy atom. The van der Waals surface area contributed by atoms with E-state index in [2.05, 4.69) is 17.4 Å². The smallest absolute Gasteiger partial charge is 0.239 e. The molecule has 1 atom stereocenters. The highest BCUT2D eigenvalue weighted by molar-refractivity contribution is 5.93. The first-order chi connectivity index (χ1) is 13.4. The molecule has 0 bridgehead atoms. The Kier molecular flexibility index (Phi) is 6.15. The number of rotatable bonds is 5. The highest BCUT2D eigenvalue weighted by atomic mass is 16.2. The van der Waals surface area contributed by atoms with Crippen LogP contribution in [0.5, 0.6) is 0 Å². The van der Waals surface area contributed by atoms with Crippen LogP contribution in [0.3, 0.4) is 0 Å². The molecular weight excluding hydrogens is 350 g/mol. The molecule has 5 nitrogen and oxygen atoms in total. The van der Waals surface area contributed by atoms with E-state index in [0.717, 1.165) is 29.8 Å². The number of anilines is 1. The van der Waals surface area contributed by atoms with Crippen molar-refractivity contribution in [2.45, 2.75) is 39.8 Å². The minimum Gasteiger partial charge on any atom is -0.337 e. The molecule has 0 aliphatic carbocycles. The van der Waals surface area contributed by atoms with Gasteiger partial charge < -0.3 is 10.2 Å². The fourth-order valence-electron chi connectivity index (χ4n) is 3.58. The molecule has 0 aromatic heterocycles. The molecule has 2 aromatic rings. The van der Waals surface area contributed by atoms with Gasteiger partial charge in [0.1, 0.15) is 0 Å². The second kappa shape index (κ2) is 8.57. The van der Waals surface area contributed by atoms with Crippen molar-refractivity contribution in [3.63, 3.8) is 0 Å². The summed E-state index contributed by atoms with van der Waals surface area (Å²) in [5.41, 5.74) is 5.56. The first-order valence-corrected chi connectivity index (χ1v) is 9.78. The van der Waals surface area contributed by atoms with Gasteiger partial charge in [0.2, 0.25) is 11.8 Å². The molecule has 0 spiro atoms. The molecule has 28 heavy (non-hydrogen) atoms. The van der Waals surface area contributed by atoms with E-state index in [0.29, 0.717) is 6.54 Å². The van der Waals surface area contributed by atoms with Crippen LogP contribution in [0.2, 0.25) is 0 Å². The molecule has 1 N–H and O–H groups in total. The Morgan fingerprint density at radius 1 is 1.11 bits per heavy atom. The lowest BCUT2D eigenvalue weighted by molar-refractivity contribution is -0.137. The summed E-state index contributed by atoms with van der Waals surface area (Å²) < 4.78 is 0. The predicted octanol–water partition coefficient (Wildman–Crippen LogP) is 3.15. The third kappa shape index (κ3) is 4.42. The fourth-order valence-corrected chi connectivity index (χ4v) is 3.58. The van der Waals surface area contributed by atoms with Crippen molar-refractivity contribution in [3.05, 3.63) is 64.7 Å². The Labute approximate surface area is 167 Å². The van der Waals surface area contributed by atoms with Gasteiger partial charge in [-0.3, -0.25) is 14.5 Å². The van der Waals surface area contributed by atoms with Crippen LogP contribution >= 0.6 is 0 Å². The van der Waals surface area contributed by atoms with E-state index in [1.807, 2.05) is 68.0 Å². The van der Waals surface area contributed by atoms with Gasteiger partial charge in [0.25, 0.3) is 0 Å². The molecule has 3 rings (SSSR count). The molecule has 148 valence electrons. The van der Waals surface area contributed by atoms with Crippen molar-refractivity contribution in [3.8, 4) is 0 Å². The monoisotopic (exact) mass is 379 g/mol. The van der Waals surface area contributed by atoms with Gasteiger partial charge in [-0.1, -0.05) is 36.4 Å². The van der Waals surface area contributed by atoms with E-state index < -0.39 is 0 Å². The summed E-state index contributed by atoms with van der Waals surface area (Å²) in [6.45, 7) is 7.42. The number of fused-ring (bicyclic) bond motifs is 1. The Morgan fingerprint density at radius 3 is 2.57 bits per heavy atom. The minimum absolute atomic E-state index is 0.0662. The summed E-state index contributed by atoms with van der Waals surface area (Å²) in [5.74, 6) is -0.0450. The van der Waals surface area contributed by atoms with Gasteiger partial charge in [-0.25, -0.2) is 0 Å². The number of nitrogens with one attached hydrogen (secondary N) is 1. The molecule has 2 amide bonds. The summed E-state index contributed by atoms with van der Waals surface area (Å²) in [6.07, 6.45) is 0.880. The SMILES string of the molecule is Cc1cccc(NC(=O)CN(C)C(C)C(=O)N2CCc3ccccc3C2)c1C. The number of amides is 2. The van der Waals surface area contributed by atoms with Gasteiger partial charge in [-0.2, -0.15) is 0 Å². The highest BCUT2D eigenvalue weighted by Gasteiger charge is 2.27. The molecule has 5 heteroatoms. The van der Waals surface area contributed by atoms with E-state index in [-0.39, 0.29) is 24.4 Å². The number of carbonyl (C=O) groups is 2. The average Bonchev–Trinajstić information content (AvgIpc) is 2.69. The molecule has 2 aromatic carbocycles. The normalized spacial score (nSPS) is 14.5. The van der Waals surface area contributed by atoms with Crippen LogP contribution in [0.1, 0.15) is 29.2 Å². The lowest BCUT2D eigenvalue weighted by Crippen LogP contribution is -2.49. The number of aryl methyl sites for hydroxylation is 1. The molecule has 1 aliphatic rings. The average molecular weight is 380 g/mol. The van der Waals surface area contributed by atoms with Gasteiger partial charge in [0.05, 0.1) is 12.6 Å². The Bertz CT molecular complexity index is 878. The van der Waals surface area contributed by atoms with Crippen LogP contribution in [0.25, 0.3) is 0 Å². The molecule has 0 saturated heterocycles. The number of hydrogen-bond acceptors (Lipinski definition) is 3. The van der Waals surface area contributed by atoms with Crippen LogP contribution in [0.4, 0.5) is 5.69 Å². The quantitative estimate of drug-likeness (QED) is 0.868. The van der Waals surface area contributed by atoms with E-state index in [1.165, 1.54) is 11.1 Å². The van der Waals surface area contributed by atoms with Gasteiger partial charge in [0, 0.05) is 18.8 Å². The predicted molar refractivity (Wildman–Crippen MR) is 112 cm³/mol. The van der Waals surface area contributed by atoms with Crippen LogP contribution in [0.15, 0.2) is 42.5 Å².